The van der Waals surface area contributed by atoms with Crippen LogP contribution in [0, 0.1) is 0 Å². The Morgan fingerprint density at radius 2 is 1.87 bits per heavy atom. The summed E-state index contributed by atoms with van der Waals surface area (Å²) in [6.45, 7) is 0.748. The molecular weight excluding hydrogens is 302 g/mol. The van der Waals surface area contributed by atoms with Gasteiger partial charge in [0.2, 0.25) is 5.91 Å². The molecule has 1 amide bonds. The lowest BCUT2D eigenvalue weighted by molar-refractivity contribution is -0.118. The van der Waals surface area contributed by atoms with Gasteiger partial charge in [-0.3, -0.25) is 4.79 Å². The molecule has 0 aromatic heterocycles. The molecule has 0 fully saturated rings. The van der Waals surface area contributed by atoms with E-state index in [1.54, 1.807) is 11.8 Å². The van der Waals surface area contributed by atoms with Crippen molar-refractivity contribution in [2.45, 2.75) is 37.0 Å². The Kier molecular flexibility index (Phi) is 5.76. The van der Waals surface area contributed by atoms with Crippen molar-refractivity contribution in [2.75, 3.05) is 12.3 Å². The average Bonchev–Trinajstić information content (AvgIpc) is 3.05. The van der Waals surface area contributed by atoms with Crippen molar-refractivity contribution in [3.05, 3.63) is 65.2 Å². The number of carbonyl (C=O) groups excluding carboxylic acids is 1. The minimum atomic E-state index is 0.128. The summed E-state index contributed by atoms with van der Waals surface area (Å²) >= 11 is 1.64. The molecule has 0 aliphatic heterocycles. The van der Waals surface area contributed by atoms with Crippen LogP contribution in [0.1, 0.15) is 29.5 Å². The number of thioether (sulfide) groups is 1. The van der Waals surface area contributed by atoms with Crippen LogP contribution in [0.25, 0.3) is 0 Å². The quantitative estimate of drug-likeness (QED) is 0.615. The number of rotatable bonds is 7. The zero-order valence-electron chi connectivity index (χ0n) is 13.4. The fourth-order valence-electron chi connectivity index (χ4n) is 3.00. The van der Waals surface area contributed by atoms with Crippen LogP contribution in [0.4, 0.5) is 0 Å². The Morgan fingerprint density at radius 1 is 1.04 bits per heavy atom. The topological polar surface area (TPSA) is 29.1 Å². The summed E-state index contributed by atoms with van der Waals surface area (Å²) in [6, 6.07) is 17.0. The standard InChI is InChI=1S/C20H23NOS/c22-20(21-13-5-8-16-6-2-1-3-7-16)15-23-19-12-11-17-9-4-10-18(17)14-19/h1-3,6-7,11-12,14H,4-5,8-10,13,15H2,(H,21,22). The number of fused-ring (bicyclic) bond motifs is 1. The molecule has 2 aromatic carbocycles. The number of hydrogen-bond acceptors (Lipinski definition) is 2. The van der Waals surface area contributed by atoms with Gasteiger partial charge in [-0.15, -0.1) is 11.8 Å². The van der Waals surface area contributed by atoms with Crippen molar-refractivity contribution < 1.29 is 4.79 Å². The van der Waals surface area contributed by atoms with E-state index < -0.39 is 0 Å². The van der Waals surface area contributed by atoms with E-state index in [4.69, 9.17) is 0 Å². The molecule has 2 aromatic rings. The van der Waals surface area contributed by atoms with Crippen LogP contribution in [0.2, 0.25) is 0 Å². The van der Waals surface area contributed by atoms with Gasteiger partial charge in [0, 0.05) is 11.4 Å². The molecule has 0 heterocycles. The molecule has 1 aliphatic rings. The number of aryl methyl sites for hydroxylation is 3. The molecule has 0 atom stereocenters. The third-order valence-corrected chi connectivity index (χ3v) is 5.24. The van der Waals surface area contributed by atoms with Crippen LogP contribution >= 0.6 is 11.8 Å². The van der Waals surface area contributed by atoms with Crippen molar-refractivity contribution in [1.29, 1.82) is 0 Å². The van der Waals surface area contributed by atoms with Crippen LogP contribution in [-0.4, -0.2) is 18.2 Å². The van der Waals surface area contributed by atoms with Gasteiger partial charge in [0.1, 0.15) is 0 Å². The number of benzene rings is 2. The molecule has 0 spiro atoms. The molecule has 2 nitrogen and oxygen atoms in total. The zero-order valence-corrected chi connectivity index (χ0v) is 14.2. The van der Waals surface area contributed by atoms with Gasteiger partial charge in [-0.1, -0.05) is 36.4 Å². The maximum atomic E-state index is 11.9. The summed E-state index contributed by atoms with van der Waals surface area (Å²) in [5.74, 6) is 0.632. The monoisotopic (exact) mass is 325 g/mol. The highest BCUT2D eigenvalue weighted by Crippen LogP contribution is 2.27. The minimum Gasteiger partial charge on any atom is -0.355 e. The maximum Gasteiger partial charge on any atom is 0.230 e. The molecule has 1 N–H and O–H groups in total. The normalized spacial score (nSPS) is 12.9. The molecule has 0 bridgehead atoms. The van der Waals surface area contributed by atoms with E-state index in [1.165, 1.54) is 40.8 Å². The maximum absolute atomic E-state index is 11.9. The van der Waals surface area contributed by atoms with E-state index in [9.17, 15) is 4.79 Å². The summed E-state index contributed by atoms with van der Waals surface area (Å²) in [6.07, 6.45) is 5.67. The summed E-state index contributed by atoms with van der Waals surface area (Å²) in [5.41, 5.74) is 4.28. The van der Waals surface area contributed by atoms with Crippen LogP contribution in [0.15, 0.2) is 53.4 Å². The predicted octanol–water partition coefficient (Wildman–Crippen LogP) is 4.02. The second-order valence-electron chi connectivity index (χ2n) is 6.01. The van der Waals surface area contributed by atoms with Gasteiger partial charge in [-0.2, -0.15) is 0 Å². The Hall–Kier alpha value is -1.74. The molecule has 23 heavy (non-hydrogen) atoms. The van der Waals surface area contributed by atoms with Gasteiger partial charge < -0.3 is 5.32 Å². The first-order valence-electron chi connectivity index (χ1n) is 8.36. The highest BCUT2D eigenvalue weighted by atomic mass is 32.2. The van der Waals surface area contributed by atoms with Gasteiger partial charge in [0.25, 0.3) is 0 Å². The van der Waals surface area contributed by atoms with Crippen LogP contribution < -0.4 is 5.32 Å². The second-order valence-corrected chi connectivity index (χ2v) is 7.06. The van der Waals surface area contributed by atoms with Crippen LogP contribution in [0.5, 0.6) is 0 Å². The molecule has 0 saturated heterocycles. The highest BCUT2D eigenvalue weighted by Gasteiger charge is 2.11. The van der Waals surface area contributed by atoms with Crippen molar-refractivity contribution in [2.24, 2.45) is 0 Å². The van der Waals surface area contributed by atoms with Gasteiger partial charge >= 0.3 is 0 Å². The first-order valence-corrected chi connectivity index (χ1v) is 9.35. The van der Waals surface area contributed by atoms with E-state index in [1.807, 2.05) is 6.07 Å². The van der Waals surface area contributed by atoms with E-state index in [0.717, 1.165) is 19.4 Å². The lowest BCUT2D eigenvalue weighted by Gasteiger charge is -2.07. The molecule has 3 heteroatoms. The first kappa shape index (κ1) is 16.1. The smallest absolute Gasteiger partial charge is 0.230 e. The van der Waals surface area contributed by atoms with Crippen molar-refractivity contribution in [1.82, 2.24) is 5.32 Å². The van der Waals surface area contributed by atoms with Gasteiger partial charge in [-0.25, -0.2) is 0 Å². The van der Waals surface area contributed by atoms with E-state index in [-0.39, 0.29) is 5.91 Å². The van der Waals surface area contributed by atoms with Gasteiger partial charge in [-0.05, 0) is 60.9 Å². The Balaban J connectivity index is 1.35. The third-order valence-electron chi connectivity index (χ3n) is 4.25. The molecule has 3 rings (SSSR count). The van der Waals surface area contributed by atoms with Crippen molar-refractivity contribution in [3.8, 4) is 0 Å². The van der Waals surface area contributed by atoms with E-state index >= 15 is 0 Å². The average molecular weight is 325 g/mol. The van der Waals surface area contributed by atoms with Crippen molar-refractivity contribution in [3.63, 3.8) is 0 Å². The Bertz CT molecular complexity index is 654. The van der Waals surface area contributed by atoms with Crippen LogP contribution in [-0.2, 0) is 24.1 Å². The number of nitrogens with one attached hydrogen (secondary N) is 1. The summed E-state index contributed by atoms with van der Waals surface area (Å²) in [4.78, 5) is 13.1. The highest BCUT2D eigenvalue weighted by molar-refractivity contribution is 8.00. The Morgan fingerprint density at radius 3 is 2.74 bits per heavy atom. The molecule has 0 saturated carbocycles. The first-order chi connectivity index (χ1) is 11.3. The third kappa shape index (κ3) is 4.87. The van der Waals surface area contributed by atoms with E-state index in [2.05, 4.69) is 47.8 Å². The van der Waals surface area contributed by atoms with Gasteiger partial charge in [0.15, 0.2) is 0 Å². The molecule has 120 valence electrons. The summed E-state index contributed by atoms with van der Waals surface area (Å²) < 4.78 is 0. The summed E-state index contributed by atoms with van der Waals surface area (Å²) in [5, 5.41) is 3.02. The lowest BCUT2D eigenvalue weighted by atomic mass is 10.1. The summed E-state index contributed by atoms with van der Waals surface area (Å²) in [7, 11) is 0. The Labute approximate surface area is 142 Å². The number of amides is 1. The SMILES string of the molecule is O=C(CSc1ccc2c(c1)CCC2)NCCCc1ccccc1. The molecule has 0 radical (unpaired) electrons. The van der Waals surface area contributed by atoms with Gasteiger partial charge in [0.05, 0.1) is 5.75 Å². The lowest BCUT2D eigenvalue weighted by Crippen LogP contribution is -2.26. The fraction of sp³-hybridized carbons (Fsp3) is 0.350. The molecular formula is C20H23NOS. The number of hydrogen-bond donors (Lipinski definition) is 1. The minimum absolute atomic E-state index is 0.128. The van der Waals surface area contributed by atoms with Crippen LogP contribution in [0.3, 0.4) is 0 Å². The second kappa shape index (κ2) is 8.21. The number of carbonyl (C=O) groups is 1. The molecule has 0 unspecified atom stereocenters. The van der Waals surface area contributed by atoms with E-state index in [0.29, 0.717) is 5.75 Å². The zero-order chi connectivity index (χ0) is 15.9. The van der Waals surface area contributed by atoms with Crippen molar-refractivity contribution >= 4 is 17.7 Å². The molecule has 1 aliphatic carbocycles. The fourth-order valence-corrected chi connectivity index (χ4v) is 3.79. The predicted molar refractivity (Wildman–Crippen MR) is 97.0 cm³/mol. The largest absolute Gasteiger partial charge is 0.355 e.